The van der Waals surface area contributed by atoms with Gasteiger partial charge in [-0.15, -0.1) is 35.3 Å². The number of benzene rings is 1. The van der Waals surface area contributed by atoms with Gasteiger partial charge in [-0.1, -0.05) is 39.8 Å². The fourth-order valence-corrected chi connectivity index (χ4v) is 3.40. The zero-order chi connectivity index (χ0) is 19.2. The van der Waals surface area contributed by atoms with Crippen molar-refractivity contribution in [3.63, 3.8) is 0 Å². The standard InChI is InChI=1S/C20H30N4OS.HI/c1-14(2)17-12-26-18(24-17)11-22-19(21-5)23-13-20(3,4)15-8-7-9-16(10-15)25-6;/h7-10,12,14H,11,13H2,1-6H3,(H2,21,22,23);1H. The van der Waals surface area contributed by atoms with Gasteiger partial charge in [0.2, 0.25) is 0 Å². The molecule has 0 aliphatic carbocycles. The van der Waals surface area contributed by atoms with Gasteiger partial charge >= 0.3 is 0 Å². The van der Waals surface area contributed by atoms with Crippen LogP contribution in [0, 0.1) is 0 Å². The van der Waals surface area contributed by atoms with E-state index < -0.39 is 0 Å². The van der Waals surface area contributed by atoms with E-state index in [1.807, 2.05) is 12.1 Å². The van der Waals surface area contributed by atoms with Crippen molar-refractivity contribution in [1.29, 1.82) is 0 Å². The second-order valence-corrected chi connectivity index (χ2v) is 8.16. The number of methoxy groups -OCH3 is 1. The van der Waals surface area contributed by atoms with Crippen LogP contribution in [0.2, 0.25) is 0 Å². The molecule has 0 aliphatic rings. The molecular formula is C20H31IN4OS. The lowest BCUT2D eigenvalue weighted by atomic mass is 9.84. The highest BCUT2D eigenvalue weighted by molar-refractivity contribution is 14.0. The van der Waals surface area contributed by atoms with Crippen molar-refractivity contribution >= 4 is 41.3 Å². The molecule has 0 spiro atoms. The molecule has 1 aromatic heterocycles. The molecule has 0 atom stereocenters. The third-order valence-corrected chi connectivity index (χ3v) is 5.21. The number of nitrogens with one attached hydrogen (secondary N) is 2. The summed E-state index contributed by atoms with van der Waals surface area (Å²) in [7, 11) is 3.48. The summed E-state index contributed by atoms with van der Waals surface area (Å²) in [6, 6.07) is 8.20. The normalized spacial score (nSPS) is 11.9. The Morgan fingerprint density at radius 3 is 2.63 bits per heavy atom. The summed E-state index contributed by atoms with van der Waals surface area (Å²) in [5.74, 6) is 2.12. The van der Waals surface area contributed by atoms with Crippen molar-refractivity contribution in [2.24, 2.45) is 4.99 Å². The third-order valence-electron chi connectivity index (χ3n) is 4.34. The fourth-order valence-electron chi connectivity index (χ4n) is 2.50. The summed E-state index contributed by atoms with van der Waals surface area (Å²) in [5.41, 5.74) is 2.31. The third kappa shape index (κ3) is 6.95. The van der Waals surface area contributed by atoms with E-state index >= 15 is 0 Å². The molecule has 0 unspecified atom stereocenters. The summed E-state index contributed by atoms with van der Waals surface area (Å²) >= 11 is 1.68. The predicted molar refractivity (Wildman–Crippen MR) is 126 cm³/mol. The molecule has 2 N–H and O–H groups in total. The second-order valence-electron chi connectivity index (χ2n) is 7.22. The van der Waals surface area contributed by atoms with Crippen molar-refractivity contribution in [3.8, 4) is 5.75 Å². The first kappa shape index (κ1) is 23.7. The lowest BCUT2D eigenvalue weighted by Gasteiger charge is -2.27. The molecule has 1 aromatic carbocycles. The van der Waals surface area contributed by atoms with Gasteiger partial charge in [-0.05, 0) is 23.6 Å². The van der Waals surface area contributed by atoms with Crippen LogP contribution in [0.5, 0.6) is 5.75 Å². The minimum atomic E-state index is -0.0574. The smallest absolute Gasteiger partial charge is 0.191 e. The number of rotatable bonds is 7. The lowest BCUT2D eigenvalue weighted by Crippen LogP contribution is -2.43. The molecule has 0 saturated carbocycles. The van der Waals surface area contributed by atoms with Crippen LogP contribution in [0.25, 0.3) is 0 Å². The maximum Gasteiger partial charge on any atom is 0.191 e. The van der Waals surface area contributed by atoms with Gasteiger partial charge in [-0.25, -0.2) is 4.98 Å². The van der Waals surface area contributed by atoms with Crippen molar-refractivity contribution in [2.45, 2.75) is 45.6 Å². The zero-order valence-electron chi connectivity index (χ0n) is 17.0. The van der Waals surface area contributed by atoms with Gasteiger partial charge < -0.3 is 15.4 Å². The fraction of sp³-hybridized carbons (Fsp3) is 0.500. The molecular weight excluding hydrogens is 471 g/mol. The Kier molecular flexibility index (Phi) is 9.52. The van der Waals surface area contributed by atoms with E-state index in [2.05, 4.69) is 65.8 Å². The Bertz CT molecular complexity index is 743. The van der Waals surface area contributed by atoms with Gasteiger partial charge in [0, 0.05) is 24.4 Å². The SMILES string of the molecule is CN=C(NCc1nc(C(C)C)cs1)NCC(C)(C)c1cccc(OC)c1.I. The van der Waals surface area contributed by atoms with Crippen molar-refractivity contribution in [1.82, 2.24) is 15.6 Å². The quantitative estimate of drug-likeness (QED) is 0.332. The summed E-state index contributed by atoms with van der Waals surface area (Å²) < 4.78 is 5.34. The van der Waals surface area contributed by atoms with Crippen molar-refractivity contribution in [2.75, 3.05) is 20.7 Å². The van der Waals surface area contributed by atoms with Crippen molar-refractivity contribution in [3.05, 3.63) is 45.9 Å². The van der Waals surface area contributed by atoms with Gasteiger partial charge in [-0.2, -0.15) is 0 Å². The van der Waals surface area contributed by atoms with Crippen LogP contribution in [-0.2, 0) is 12.0 Å². The van der Waals surface area contributed by atoms with E-state index in [0.29, 0.717) is 12.5 Å². The first-order valence-electron chi connectivity index (χ1n) is 8.89. The van der Waals surface area contributed by atoms with Crippen LogP contribution < -0.4 is 15.4 Å². The average molecular weight is 502 g/mol. The molecule has 0 bridgehead atoms. The summed E-state index contributed by atoms with van der Waals surface area (Å²) in [6.45, 7) is 10.2. The van der Waals surface area contributed by atoms with Gasteiger partial charge in [0.25, 0.3) is 0 Å². The van der Waals surface area contributed by atoms with Crippen LogP contribution in [0.4, 0.5) is 0 Å². The Morgan fingerprint density at radius 1 is 1.30 bits per heavy atom. The zero-order valence-corrected chi connectivity index (χ0v) is 20.1. The molecule has 150 valence electrons. The molecule has 2 rings (SSSR count). The molecule has 2 aromatic rings. The highest BCUT2D eigenvalue weighted by Crippen LogP contribution is 2.25. The number of aromatic nitrogens is 1. The summed E-state index contributed by atoms with van der Waals surface area (Å²) in [4.78, 5) is 8.97. The summed E-state index contributed by atoms with van der Waals surface area (Å²) in [6.07, 6.45) is 0. The minimum Gasteiger partial charge on any atom is -0.497 e. The number of halogens is 1. The number of ether oxygens (including phenoxy) is 1. The first-order chi connectivity index (χ1) is 12.4. The molecule has 1 heterocycles. The first-order valence-corrected chi connectivity index (χ1v) is 9.77. The lowest BCUT2D eigenvalue weighted by molar-refractivity contribution is 0.411. The van der Waals surface area contributed by atoms with E-state index in [1.54, 1.807) is 25.5 Å². The Labute approximate surface area is 184 Å². The number of hydrogen-bond acceptors (Lipinski definition) is 4. The highest BCUT2D eigenvalue weighted by atomic mass is 127. The number of guanidine groups is 1. The predicted octanol–water partition coefficient (Wildman–Crippen LogP) is 4.54. The van der Waals surface area contributed by atoms with Crippen LogP contribution >= 0.6 is 35.3 Å². The van der Waals surface area contributed by atoms with E-state index in [4.69, 9.17) is 4.74 Å². The van der Waals surface area contributed by atoms with E-state index in [1.165, 1.54) is 5.56 Å². The maximum atomic E-state index is 5.34. The van der Waals surface area contributed by atoms with Crippen LogP contribution in [0.15, 0.2) is 34.6 Å². The Morgan fingerprint density at radius 2 is 2.04 bits per heavy atom. The molecule has 0 fully saturated rings. The topological polar surface area (TPSA) is 58.5 Å². The Balaban J connectivity index is 0.00000364. The van der Waals surface area contributed by atoms with E-state index in [-0.39, 0.29) is 29.4 Å². The number of nitrogens with zero attached hydrogens (tertiary/aromatic N) is 2. The molecule has 0 amide bonds. The maximum absolute atomic E-state index is 5.34. The number of thiazole rings is 1. The van der Waals surface area contributed by atoms with E-state index in [0.717, 1.165) is 29.0 Å². The Hall–Kier alpha value is -1.35. The minimum absolute atomic E-state index is 0. The molecule has 5 nitrogen and oxygen atoms in total. The van der Waals surface area contributed by atoms with Gasteiger partial charge in [0.05, 0.1) is 19.3 Å². The average Bonchev–Trinajstić information content (AvgIpc) is 3.11. The second kappa shape index (κ2) is 10.8. The number of aliphatic imine (C=N–C) groups is 1. The molecule has 7 heteroatoms. The van der Waals surface area contributed by atoms with Crippen molar-refractivity contribution < 1.29 is 4.74 Å². The monoisotopic (exact) mass is 502 g/mol. The van der Waals surface area contributed by atoms with Gasteiger partial charge in [0.1, 0.15) is 10.8 Å². The molecule has 0 saturated heterocycles. The van der Waals surface area contributed by atoms with Crippen LogP contribution in [-0.4, -0.2) is 31.6 Å². The highest BCUT2D eigenvalue weighted by Gasteiger charge is 2.21. The van der Waals surface area contributed by atoms with E-state index in [9.17, 15) is 0 Å². The van der Waals surface area contributed by atoms with Gasteiger partial charge in [-0.3, -0.25) is 4.99 Å². The van der Waals surface area contributed by atoms with Gasteiger partial charge in [0.15, 0.2) is 5.96 Å². The molecule has 27 heavy (non-hydrogen) atoms. The largest absolute Gasteiger partial charge is 0.497 e. The molecule has 0 radical (unpaired) electrons. The molecule has 0 aliphatic heterocycles. The number of hydrogen-bond donors (Lipinski definition) is 2. The van der Waals surface area contributed by atoms with Crippen LogP contribution in [0.1, 0.15) is 49.9 Å². The summed E-state index contributed by atoms with van der Waals surface area (Å²) in [5, 5.41) is 9.97. The van der Waals surface area contributed by atoms with Crippen LogP contribution in [0.3, 0.4) is 0 Å².